The van der Waals surface area contributed by atoms with Gasteiger partial charge < -0.3 is 5.32 Å². The lowest BCUT2D eigenvalue weighted by atomic mass is 10.2. The molecule has 3 rings (SSSR count). The smallest absolute Gasteiger partial charge is 0.291 e. The summed E-state index contributed by atoms with van der Waals surface area (Å²) in [7, 11) is -3.93. The third-order valence-corrected chi connectivity index (χ3v) is 7.15. The van der Waals surface area contributed by atoms with E-state index in [1.807, 2.05) is 42.5 Å². The molecule has 146 valence electrons. The minimum absolute atomic E-state index is 0.144. The maximum absolute atomic E-state index is 12.7. The van der Waals surface area contributed by atoms with E-state index in [0.717, 1.165) is 21.1 Å². The second-order valence-corrected chi connectivity index (χ2v) is 9.98. The highest BCUT2D eigenvalue weighted by molar-refractivity contribution is 7.99. The molecule has 7 nitrogen and oxygen atoms in total. The number of rotatable bonds is 7. The molecule has 0 atom stereocenters. The van der Waals surface area contributed by atoms with Crippen molar-refractivity contribution in [1.29, 1.82) is 0 Å². The van der Waals surface area contributed by atoms with E-state index in [0.29, 0.717) is 5.69 Å². The van der Waals surface area contributed by atoms with Crippen molar-refractivity contribution in [1.82, 2.24) is 10.2 Å². The zero-order chi connectivity index (χ0) is 20.1. The third-order valence-electron chi connectivity index (χ3n) is 3.49. The SMILES string of the molecule is CC(C)C(=O)Nc1nnc(S(=O)(=O)Nc2ccccc2Sc2ccccc2)s1. The normalized spacial score (nSPS) is 11.4. The molecule has 1 aromatic heterocycles. The number of sulfonamides is 1. The number of amides is 1. The van der Waals surface area contributed by atoms with Crippen LogP contribution < -0.4 is 10.0 Å². The van der Waals surface area contributed by atoms with E-state index in [4.69, 9.17) is 0 Å². The van der Waals surface area contributed by atoms with Gasteiger partial charge in [0.2, 0.25) is 11.0 Å². The van der Waals surface area contributed by atoms with E-state index >= 15 is 0 Å². The van der Waals surface area contributed by atoms with Crippen LogP contribution in [0.1, 0.15) is 13.8 Å². The number of hydrogen-bond donors (Lipinski definition) is 2. The highest BCUT2D eigenvalue weighted by Crippen LogP contribution is 2.34. The van der Waals surface area contributed by atoms with Gasteiger partial charge in [-0.15, -0.1) is 10.2 Å². The number of aromatic nitrogens is 2. The van der Waals surface area contributed by atoms with E-state index in [1.165, 1.54) is 11.8 Å². The summed E-state index contributed by atoms with van der Waals surface area (Å²) in [5.74, 6) is -0.498. The quantitative estimate of drug-likeness (QED) is 0.543. The Morgan fingerprint density at radius 3 is 2.43 bits per heavy atom. The molecule has 0 saturated heterocycles. The molecular formula is C18H18N4O3S3. The van der Waals surface area contributed by atoms with Crippen LogP contribution in [0.3, 0.4) is 0 Å². The van der Waals surface area contributed by atoms with Crippen molar-refractivity contribution < 1.29 is 13.2 Å². The van der Waals surface area contributed by atoms with Gasteiger partial charge in [0.15, 0.2) is 0 Å². The van der Waals surface area contributed by atoms with Crippen LogP contribution in [0.4, 0.5) is 10.8 Å². The molecule has 2 aromatic carbocycles. The molecule has 2 N–H and O–H groups in total. The van der Waals surface area contributed by atoms with Crippen molar-refractivity contribution in [3.63, 3.8) is 0 Å². The second-order valence-electron chi connectivity index (χ2n) is 6.03. The van der Waals surface area contributed by atoms with Crippen molar-refractivity contribution in [2.75, 3.05) is 10.0 Å². The summed E-state index contributed by atoms with van der Waals surface area (Å²) in [6, 6.07) is 16.8. The Hall–Kier alpha value is -2.43. The van der Waals surface area contributed by atoms with E-state index in [1.54, 1.807) is 26.0 Å². The molecule has 0 radical (unpaired) electrons. The van der Waals surface area contributed by atoms with Crippen LogP contribution >= 0.6 is 23.1 Å². The van der Waals surface area contributed by atoms with Crippen LogP contribution in [-0.2, 0) is 14.8 Å². The minimum Gasteiger partial charge on any atom is -0.300 e. The predicted molar refractivity (Wildman–Crippen MR) is 111 cm³/mol. The van der Waals surface area contributed by atoms with Gasteiger partial charge in [0.25, 0.3) is 14.4 Å². The molecule has 10 heteroatoms. The second kappa shape index (κ2) is 8.72. The Kier molecular flexibility index (Phi) is 6.32. The lowest BCUT2D eigenvalue weighted by molar-refractivity contribution is -0.118. The fourth-order valence-corrected chi connectivity index (χ4v) is 5.03. The van der Waals surface area contributed by atoms with Gasteiger partial charge in [-0.25, -0.2) is 0 Å². The van der Waals surface area contributed by atoms with Gasteiger partial charge in [-0.2, -0.15) is 8.42 Å². The number of benzene rings is 2. The summed E-state index contributed by atoms with van der Waals surface area (Å²) >= 11 is 2.25. The zero-order valence-corrected chi connectivity index (χ0v) is 17.6. The van der Waals surface area contributed by atoms with Crippen molar-refractivity contribution in [2.24, 2.45) is 5.92 Å². The Labute approximate surface area is 171 Å². The first kappa shape index (κ1) is 20.3. The van der Waals surface area contributed by atoms with Gasteiger partial charge in [-0.1, -0.05) is 67.3 Å². The summed E-state index contributed by atoms with van der Waals surface area (Å²) in [5, 5.41) is 10.2. The highest BCUT2D eigenvalue weighted by atomic mass is 32.2. The predicted octanol–water partition coefficient (Wildman–Crippen LogP) is 4.08. The maximum Gasteiger partial charge on any atom is 0.291 e. The molecule has 0 spiro atoms. The van der Waals surface area contributed by atoms with Crippen LogP contribution in [0.25, 0.3) is 0 Å². The number of nitrogens with one attached hydrogen (secondary N) is 2. The van der Waals surface area contributed by atoms with Crippen molar-refractivity contribution in [3.05, 3.63) is 54.6 Å². The van der Waals surface area contributed by atoms with Gasteiger partial charge in [0.05, 0.1) is 5.69 Å². The summed E-state index contributed by atoms with van der Waals surface area (Å²) in [5.41, 5.74) is 0.444. The van der Waals surface area contributed by atoms with Crippen LogP contribution in [0.2, 0.25) is 0 Å². The van der Waals surface area contributed by atoms with Crippen molar-refractivity contribution in [2.45, 2.75) is 28.0 Å². The lowest BCUT2D eigenvalue weighted by Crippen LogP contribution is -2.17. The van der Waals surface area contributed by atoms with Crippen LogP contribution in [0.5, 0.6) is 0 Å². The Bertz CT molecular complexity index is 1070. The zero-order valence-electron chi connectivity index (χ0n) is 15.1. The Balaban J connectivity index is 1.80. The Morgan fingerprint density at radius 1 is 1.04 bits per heavy atom. The average Bonchev–Trinajstić information content (AvgIpc) is 3.13. The summed E-state index contributed by atoms with van der Waals surface area (Å²) in [4.78, 5) is 13.5. The molecule has 0 unspecified atom stereocenters. The third kappa shape index (κ3) is 5.09. The number of para-hydroxylation sites is 1. The maximum atomic E-state index is 12.7. The van der Waals surface area contributed by atoms with Gasteiger partial charge in [-0.3, -0.25) is 9.52 Å². The molecule has 0 saturated carbocycles. The molecule has 1 heterocycles. The minimum atomic E-state index is -3.93. The summed E-state index contributed by atoms with van der Waals surface area (Å²) < 4.78 is 27.8. The standard InChI is InChI=1S/C18H18N4O3S3/c1-12(2)16(23)19-17-20-21-18(27-17)28(24,25)22-14-10-6-7-11-15(14)26-13-8-4-3-5-9-13/h3-12,22H,1-2H3,(H,19,20,23). The monoisotopic (exact) mass is 434 g/mol. The van der Waals surface area contributed by atoms with Gasteiger partial charge in [-0.05, 0) is 24.3 Å². The van der Waals surface area contributed by atoms with E-state index in [2.05, 4.69) is 20.2 Å². The average molecular weight is 435 g/mol. The van der Waals surface area contributed by atoms with Gasteiger partial charge in [0.1, 0.15) is 0 Å². The lowest BCUT2D eigenvalue weighted by Gasteiger charge is -2.10. The number of carbonyl (C=O) groups excluding carboxylic acids is 1. The molecule has 0 aliphatic rings. The van der Waals surface area contributed by atoms with Crippen molar-refractivity contribution >= 4 is 49.8 Å². The molecule has 0 aliphatic heterocycles. The largest absolute Gasteiger partial charge is 0.300 e. The number of anilines is 2. The molecule has 3 aromatic rings. The van der Waals surface area contributed by atoms with Crippen LogP contribution in [0.15, 0.2) is 68.7 Å². The number of carbonyl (C=O) groups is 1. The Morgan fingerprint density at radius 2 is 1.71 bits per heavy atom. The highest BCUT2D eigenvalue weighted by Gasteiger charge is 2.22. The molecular weight excluding hydrogens is 416 g/mol. The number of hydrogen-bond acceptors (Lipinski definition) is 7. The first-order chi connectivity index (χ1) is 13.3. The first-order valence-corrected chi connectivity index (χ1v) is 11.5. The fraction of sp³-hybridized carbons (Fsp3) is 0.167. The van der Waals surface area contributed by atoms with Crippen LogP contribution in [-0.4, -0.2) is 24.5 Å². The molecule has 1 amide bonds. The molecule has 0 fully saturated rings. The topological polar surface area (TPSA) is 101 Å². The molecule has 0 aliphatic carbocycles. The van der Waals surface area contributed by atoms with E-state index in [9.17, 15) is 13.2 Å². The number of nitrogens with zero attached hydrogens (tertiary/aromatic N) is 2. The summed E-state index contributed by atoms with van der Waals surface area (Å²) in [6.07, 6.45) is 0. The van der Waals surface area contributed by atoms with Crippen LogP contribution in [0, 0.1) is 5.92 Å². The molecule has 0 bridgehead atoms. The fourth-order valence-electron chi connectivity index (χ4n) is 2.06. The van der Waals surface area contributed by atoms with E-state index in [-0.39, 0.29) is 21.3 Å². The molecule has 28 heavy (non-hydrogen) atoms. The van der Waals surface area contributed by atoms with Crippen molar-refractivity contribution in [3.8, 4) is 0 Å². The van der Waals surface area contributed by atoms with Gasteiger partial charge in [0, 0.05) is 15.7 Å². The van der Waals surface area contributed by atoms with Gasteiger partial charge >= 0.3 is 0 Å². The summed E-state index contributed by atoms with van der Waals surface area (Å²) in [6.45, 7) is 3.47. The first-order valence-electron chi connectivity index (χ1n) is 8.34. The van der Waals surface area contributed by atoms with E-state index < -0.39 is 10.0 Å².